The highest BCUT2D eigenvalue weighted by atomic mass is 16.6. The largest absolute Gasteiger partial charge is 0.369 e. The Hall–Kier alpha value is -2.93. The lowest BCUT2D eigenvalue weighted by Gasteiger charge is -2.36. The van der Waals surface area contributed by atoms with Crippen molar-refractivity contribution in [2.24, 2.45) is 0 Å². The first-order valence-corrected chi connectivity index (χ1v) is 10.2. The molecule has 1 fully saturated rings. The highest BCUT2D eigenvalue weighted by Gasteiger charge is 2.24. The van der Waals surface area contributed by atoms with Gasteiger partial charge in [-0.25, -0.2) is 0 Å². The van der Waals surface area contributed by atoms with E-state index in [4.69, 9.17) is 0 Å². The van der Waals surface area contributed by atoms with Crippen molar-refractivity contribution < 1.29 is 9.72 Å². The molecule has 0 aromatic heterocycles. The van der Waals surface area contributed by atoms with Crippen molar-refractivity contribution in [3.8, 4) is 0 Å². The van der Waals surface area contributed by atoms with Gasteiger partial charge < -0.3 is 10.2 Å². The minimum atomic E-state index is -0.384. The number of anilines is 1. The average Bonchev–Trinajstić information content (AvgIpc) is 2.74. The lowest BCUT2D eigenvalue weighted by molar-refractivity contribution is -0.384. The molecule has 1 amide bonds. The lowest BCUT2D eigenvalue weighted by Crippen LogP contribution is -2.50. The summed E-state index contributed by atoms with van der Waals surface area (Å²) in [5, 5.41) is 14.0. The predicted molar refractivity (Wildman–Crippen MR) is 112 cm³/mol. The molecule has 0 radical (unpaired) electrons. The van der Waals surface area contributed by atoms with Gasteiger partial charge in [-0.1, -0.05) is 24.3 Å². The van der Waals surface area contributed by atoms with Gasteiger partial charge in [0, 0.05) is 44.0 Å². The number of nitrogens with one attached hydrogen (secondary N) is 1. The number of nitro benzene ring substituents is 1. The fourth-order valence-electron chi connectivity index (χ4n) is 4.30. The van der Waals surface area contributed by atoms with Gasteiger partial charge in [-0.3, -0.25) is 19.8 Å². The van der Waals surface area contributed by atoms with Crippen LogP contribution in [0.2, 0.25) is 0 Å². The van der Waals surface area contributed by atoms with Gasteiger partial charge in [0.05, 0.1) is 17.5 Å². The molecule has 1 unspecified atom stereocenters. The van der Waals surface area contributed by atoms with E-state index in [1.165, 1.54) is 23.3 Å². The molecule has 2 aromatic carbocycles. The van der Waals surface area contributed by atoms with Crippen LogP contribution in [0.5, 0.6) is 0 Å². The second-order valence-electron chi connectivity index (χ2n) is 7.75. The molecule has 0 saturated carbocycles. The third-order valence-electron chi connectivity index (χ3n) is 5.87. The highest BCUT2D eigenvalue weighted by molar-refractivity contribution is 5.78. The predicted octanol–water partition coefficient (Wildman–Crippen LogP) is 2.91. The van der Waals surface area contributed by atoms with Crippen LogP contribution in [0.25, 0.3) is 0 Å². The van der Waals surface area contributed by atoms with Crippen molar-refractivity contribution in [1.29, 1.82) is 0 Å². The van der Waals surface area contributed by atoms with Crippen molar-refractivity contribution in [3.63, 3.8) is 0 Å². The van der Waals surface area contributed by atoms with Crippen LogP contribution in [0.3, 0.4) is 0 Å². The Morgan fingerprint density at radius 2 is 1.79 bits per heavy atom. The van der Waals surface area contributed by atoms with E-state index in [0.717, 1.165) is 51.1 Å². The van der Waals surface area contributed by atoms with Crippen LogP contribution in [0.1, 0.15) is 30.0 Å². The molecule has 1 atom stereocenters. The molecule has 152 valence electrons. The maximum absolute atomic E-state index is 12.6. The van der Waals surface area contributed by atoms with Crippen molar-refractivity contribution >= 4 is 17.3 Å². The van der Waals surface area contributed by atoms with E-state index in [1.807, 2.05) is 6.07 Å². The Balaban J connectivity index is 1.28. The molecular formula is C22H26N4O3. The maximum Gasteiger partial charge on any atom is 0.269 e. The molecule has 1 aliphatic carbocycles. The average molecular weight is 394 g/mol. The van der Waals surface area contributed by atoms with E-state index in [0.29, 0.717) is 6.54 Å². The first-order valence-electron chi connectivity index (χ1n) is 10.2. The molecule has 1 N–H and O–H groups in total. The Morgan fingerprint density at radius 3 is 2.52 bits per heavy atom. The van der Waals surface area contributed by atoms with E-state index in [2.05, 4.69) is 33.3 Å². The highest BCUT2D eigenvalue weighted by Crippen LogP contribution is 2.29. The van der Waals surface area contributed by atoms with Crippen LogP contribution in [0, 0.1) is 10.1 Å². The van der Waals surface area contributed by atoms with Gasteiger partial charge in [-0.2, -0.15) is 0 Å². The van der Waals surface area contributed by atoms with Gasteiger partial charge in [0.15, 0.2) is 0 Å². The number of aryl methyl sites for hydroxylation is 1. The number of rotatable bonds is 5. The molecule has 0 bridgehead atoms. The van der Waals surface area contributed by atoms with Crippen LogP contribution in [0.15, 0.2) is 48.5 Å². The van der Waals surface area contributed by atoms with Crippen molar-refractivity contribution in [1.82, 2.24) is 10.2 Å². The summed E-state index contributed by atoms with van der Waals surface area (Å²) in [5.74, 6) is 0.0792. The zero-order valence-corrected chi connectivity index (χ0v) is 16.4. The Bertz CT molecular complexity index is 876. The van der Waals surface area contributed by atoms with E-state index in [1.54, 1.807) is 12.1 Å². The third-order valence-corrected chi connectivity index (χ3v) is 5.87. The lowest BCUT2D eigenvalue weighted by atomic mass is 9.88. The second-order valence-corrected chi connectivity index (χ2v) is 7.75. The number of carbonyl (C=O) groups is 1. The van der Waals surface area contributed by atoms with Crippen LogP contribution >= 0.6 is 0 Å². The summed E-state index contributed by atoms with van der Waals surface area (Å²) in [5.41, 5.74) is 3.70. The normalized spacial score (nSPS) is 19.4. The number of nitrogens with zero attached hydrogens (tertiary/aromatic N) is 3. The fraction of sp³-hybridized carbons (Fsp3) is 0.409. The van der Waals surface area contributed by atoms with E-state index in [-0.39, 0.29) is 22.6 Å². The number of hydrogen-bond donors (Lipinski definition) is 1. The van der Waals surface area contributed by atoms with Gasteiger partial charge in [0.25, 0.3) is 5.69 Å². The van der Waals surface area contributed by atoms with Gasteiger partial charge in [-0.15, -0.1) is 0 Å². The maximum atomic E-state index is 12.6. The molecule has 2 aromatic rings. The summed E-state index contributed by atoms with van der Waals surface area (Å²) >= 11 is 0. The SMILES string of the molecule is O=C(CN1CCN(c2ccc([N+](=O)[O-])cc2)CC1)NC1CCCc2ccccc21. The molecule has 2 aliphatic rings. The van der Waals surface area contributed by atoms with Crippen LogP contribution < -0.4 is 10.2 Å². The van der Waals surface area contributed by atoms with Crippen LogP contribution in [-0.2, 0) is 11.2 Å². The number of piperazine rings is 1. The smallest absolute Gasteiger partial charge is 0.269 e. The summed E-state index contributed by atoms with van der Waals surface area (Å²) in [6.45, 7) is 3.61. The molecule has 0 spiro atoms. The van der Waals surface area contributed by atoms with Crippen molar-refractivity contribution in [2.45, 2.75) is 25.3 Å². The quantitative estimate of drug-likeness (QED) is 0.623. The minimum absolute atomic E-state index is 0.0792. The molecule has 7 heteroatoms. The molecule has 7 nitrogen and oxygen atoms in total. The van der Waals surface area contributed by atoms with E-state index < -0.39 is 0 Å². The number of benzene rings is 2. The summed E-state index contributed by atoms with van der Waals surface area (Å²) < 4.78 is 0. The summed E-state index contributed by atoms with van der Waals surface area (Å²) in [6, 6.07) is 15.2. The molecule has 1 aliphatic heterocycles. The van der Waals surface area contributed by atoms with E-state index in [9.17, 15) is 14.9 Å². The zero-order valence-electron chi connectivity index (χ0n) is 16.4. The number of non-ortho nitro benzene ring substituents is 1. The summed E-state index contributed by atoms with van der Waals surface area (Å²) in [6.07, 6.45) is 3.19. The van der Waals surface area contributed by atoms with Gasteiger partial charge in [0.1, 0.15) is 0 Å². The van der Waals surface area contributed by atoms with Gasteiger partial charge in [0.2, 0.25) is 5.91 Å². The zero-order chi connectivity index (χ0) is 20.2. The Kier molecular flexibility index (Phi) is 5.76. The Morgan fingerprint density at radius 1 is 1.07 bits per heavy atom. The molecule has 29 heavy (non-hydrogen) atoms. The molecule has 1 saturated heterocycles. The fourth-order valence-corrected chi connectivity index (χ4v) is 4.30. The topological polar surface area (TPSA) is 78.7 Å². The number of hydrogen-bond acceptors (Lipinski definition) is 5. The standard InChI is InChI=1S/C22H26N4O3/c27-22(23-21-7-3-5-17-4-1-2-6-20(17)21)16-24-12-14-25(15-13-24)18-8-10-19(11-9-18)26(28)29/h1-2,4,6,8-11,21H,3,5,7,12-16H2,(H,23,27). The number of fused-ring (bicyclic) bond motifs is 1. The number of carbonyl (C=O) groups excluding carboxylic acids is 1. The van der Waals surface area contributed by atoms with Crippen LogP contribution in [0.4, 0.5) is 11.4 Å². The second kappa shape index (κ2) is 8.61. The molecular weight excluding hydrogens is 368 g/mol. The van der Waals surface area contributed by atoms with Crippen molar-refractivity contribution in [3.05, 3.63) is 69.8 Å². The van der Waals surface area contributed by atoms with Gasteiger partial charge in [-0.05, 0) is 42.5 Å². The molecule has 1 heterocycles. The number of nitro groups is 1. The first-order chi connectivity index (χ1) is 14.1. The Labute approximate surface area is 170 Å². The molecule has 4 rings (SSSR count). The van der Waals surface area contributed by atoms with Crippen molar-refractivity contribution in [2.75, 3.05) is 37.6 Å². The van der Waals surface area contributed by atoms with E-state index >= 15 is 0 Å². The third kappa shape index (κ3) is 4.56. The first kappa shape index (κ1) is 19.4. The number of amides is 1. The summed E-state index contributed by atoms with van der Waals surface area (Å²) in [4.78, 5) is 27.4. The minimum Gasteiger partial charge on any atom is -0.369 e. The summed E-state index contributed by atoms with van der Waals surface area (Å²) in [7, 11) is 0. The van der Waals surface area contributed by atoms with Crippen LogP contribution in [-0.4, -0.2) is 48.5 Å². The monoisotopic (exact) mass is 394 g/mol. The van der Waals surface area contributed by atoms with Gasteiger partial charge >= 0.3 is 0 Å².